The number of hydrazone groups is 1. The van der Waals surface area contributed by atoms with Gasteiger partial charge in [-0.15, -0.1) is 12.4 Å². The predicted octanol–water partition coefficient (Wildman–Crippen LogP) is 0.177. The number of aliphatic hydroxyl groups excluding tert-OH is 1. The Bertz CT molecular complexity index is 439. The van der Waals surface area contributed by atoms with Crippen LogP contribution in [0.2, 0.25) is 0 Å². The second-order valence-electron chi connectivity index (χ2n) is 3.02. The summed E-state index contributed by atoms with van der Waals surface area (Å²) < 4.78 is 0. The number of hydrogen-bond donors (Lipinski definition) is 4. The van der Waals surface area contributed by atoms with Gasteiger partial charge in [0.1, 0.15) is 5.75 Å². The SMILES string of the molecule is Cc1ncc(CO)c(/C=N/NC(N)=S)c1O.Cl. The van der Waals surface area contributed by atoms with E-state index >= 15 is 0 Å². The van der Waals surface area contributed by atoms with Gasteiger partial charge in [0.2, 0.25) is 0 Å². The number of halogens is 1. The molecule has 0 radical (unpaired) electrons. The lowest BCUT2D eigenvalue weighted by Crippen LogP contribution is -2.24. The third-order valence-corrected chi connectivity index (χ3v) is 1.99. The second-order valence-corrected chi connectivity index (χ2v) is 3.46. The van der Waals surface area contributed by atoms with Gasteiger partial charge in [0.05, 0.1) is 18.5 Å². The highest BCUT2D eigenvalue weighted by Crippen LogP contribution is 2.21. The molecule has 94 valence electrons. The maximum absolute atomic E-state index is 9.72. The van der Waals surface area contributed by atoms with E-state index in [1.54, 1.807) is 6.92 Å². The van der Waals surface area contributed by atoms with Gasteiger partial charge in [-0.25, -0.2) is 0 Å². The molecule has 0 bridgehead atoms. The number of thiocarbonyl (C=S) groups is 1. The van der Waals surface area contributed by atoms with Crippen molar-refractivity contribution in [2.24, 2.45) is 10.8 Å². The Morgan fingerprint density at radius 1 is 1.71 bits per heavy atom. The standard InChI is InChI=1S/C9H12N4O2S.ClH/c1-5-8(15)7(3-12-13-9(10)16)6(4-14)2-11-5;/h2-3,14-15H,4H2,1H3,(H3,10,13,16);1H/b12-3+;. The first kappa shape index (κ1) is 15.6. The van der Waals surface area contributed by atoms with Crippen LogP contribution < -0.4 is 11.2 Å². The number of aromatic nitrogens is 1. The van der Waals surface area contributed by atoms with E-state index in [1.807, 2.05) is 0 Å². The molecular weight excluding hydrogens is 264 g/mol. The van der Waals surface area contributed by atoms with Crippen LogP contribution in [0.5, 0.6) is 5.75 Å². The van der Waals surface area contributed by atoms with E-state index in [9.17, 15) is 5.11 Å². The van der Waals surface area contributed by atoms with Gasteiger partial charge in [-0.05, 0) is 19.1 Å². The van der Waals surface area contributed by atoms with Crippen LogP contribution in [-0.4, -0.2) is 26.5 Å². The third-order valence-electron chi connectivity index (χ3n) is 1.90. The normalized spacial score (nSPS) is 10.0. The number of hydrogen-bond acceptors (Lipinski definition) is 5. The van der Waals surface area contributed by atoms with Crippen molar-refractivity contribution in [2.75, 3.05) is 0 Å². The summed E-state index contributed by atoms with van der Waals surface area (Å²) >= 11 is 4.56. The number of aryl methyl sites for hydroxylation is 1. The second kappa shape index (κ2) is 7.00. The summed E-state index contributed by atoms with van der Waals surface area (Å²) in [5.74, 6) is -0.0277. The van der Waals surface area contributed by atoms with Crippen LogP contribution in [0.3, 0.4) is 0 Å². The molecule has 0 aliphatic heterocycles. The van der Waals surface area contributed by atoms with Crippen molar-refractivity contribution in [3.63, 3.8) is 0 Å². The van der Waals surface area contributed by atoms with Crippen molar-refractivity contribution in [3.8, 4) is 5.75 Å². The molecule has 1 heterocycles. The zero-order valence-electron chi connectivity index (χ0n) is 9.04. The fourth-order valence-electron chi connectivity index (χ4n) is 1.08. The molecule has 1 aromatic rings. The molecule has 0 atom stereocenters. The molecule has 17 heavy (non-hydrogen) atoms. The van der Waals surface area contributed by atoms with Crippen molar-refractivity contribution in [3.05, 3.63) is 23.0 Å². The van der Waals surface area contributed by atoms with Crippen LogP contribution in [0.15, 0.2) is 11.3 Å². The molecule has 1 aromatic heterocycles. The monoisotopic (exact) mass is 276 g/mol. The summed E-state index contributed by atoms with van der Waals surface area (Å²) in [6.07, 6.45) is 2.80. The molecule has 0 aromatic carbocycles. The van der Waals surface area contributed by atoms with Gasteiger partial charge in [0.25, 0.3) is 0 Å². The molecule has 0 amide bonds. The number of aliphatic hydroxyl groups is 1. The molecule has 0 aliphatic rings. The van der Waals surface area contributed by atoms with Gasteiger partial charge in [-0.2, -0.15) is 5.10 Å². The molecule has 0 fully saturated rings. The van der Waals surface area contributed by atoms with Crippen LogP contribution in [0.1, 0.15) is 16.8 Å². The quantitative estimate of drug-likeness (QED) is 0.357. The van der Waals surface area contributed by atoms with E-state index in [1.165, 1.54) is 12.4 Å². The van der Waals surface area contributed by atoms with Crippen LogP contribution in [-0.2, 0) is 6.61 Å². The van der Waals surface area contributed by atoms with Crippen LogP contribution in [0, 0.1) is 6.92 Å². The number of nitrogens with zero attached hydrogens (tertiary/aromatic N) is 2. The lowest BCUT2D eigenvalue weighted by atomic mass is 10.1. The van der Waals surface area contributed by atoms with E-state index < -0.39 is 0 Å². The lowest BCUT2D eigenvalue weighted by molar-refractivity contribution is 0.280. The van der Waals surface area contributed by atoms with E-state index in [-0.39, 0.29) is 29.9 Å². The maximum Gasteiger partial charge on any atom is 0.184 e. The van der Waals surface area contributed by atoms with Gasteiger partial charge < -0.3 is 15.9 Å². The number of nitrogens with two attached hydrogens (primary N) is 1. The Kier molecular flexibility index (Phi) is 6.40. The zero-order valence-corrected chi connectivity index (χ0v) is 10.7. The Hall–Kier alpha value is -1.44. The van der Waals surface area contributed by atoms with Crippen LogP contribution in [0.25, 0.3) is 0 Å². The molecule has 5 N–H and O–H groups in total. The smallest absolute Gasteiger partial charge is 0.184 e. The zero-order chi connectivity index (χ0) is 12.1. The highest BCUT2D eigenvalue weighted by molar-refractivity contribution is 7.80. The molecule has 8 heteroatoms. The van der Waals surface area contributed by atoms with Crippen molar-refractivity contribution in [1.29, 1.82) is 0 Å². The fourth-order valence-corrected chi connectivity index (χ4v) is 1.14. The number of nitrogens with one attached hydrogen (secondary N) is 1. The van der Waals surface area contributed by atoms with Crippen molar-refractivity contribution in [1.82, 2.24) is 10.4 Å². The first-order valence-electron chi connectivity index (χ1n) is 4.43. The molecule has 0 saturated heterocycles. The largest absolute Gasteiger partial charge is 0.505 e. The molecule has 6 nitrogen and oxygen atoms in total. The van der Waals surface area contributed by atoms with Crippen LogP contribution in [0.4, 0.5) is 0 Å². The fraction of sp³-hybridized carbons (Fsp3) is 0.222. The van der Waals surface area contributed by atoms with Gasteiger partial charge in [0.15, 0.2) is 5.11 Å². The molecule has 1 rings (SSSR count). The summed E-state index contributed by atoms with van der Waals surface area (Å²) in [7, 11) is 0. The lowest BCUT2D eigenvalue weighted by Gasteiger charge is -2.06. The summed E-state index contributed by atoms with van der Waals surface area (Å²) in [5.41, 5.74) is 8.84. The molecule has 0 unspecified atom stereocenters. The van der Waals surface area contributed by atoms with Crippen molar-refractivity contribution >= 4 is 36.0 Å². The average Bonchev–Trinajstić information content (AvgIpc) is 2.24. The van der Waals surface area contributed by atoms with Crippen molar-refractivity contribution < 1.29 is 10.2 Å². The Labute approximate surface area is 110 Å². The van der Waals surface area contributed by atoms with Gasteiger partial charge in [-0.3, -0.25) is 10.4 Å². The average molecular weight is 277 g/mol. The number of aromatic hydroxyl groups is 1. The third kappa shape index (κ3) is 4.14. The van der Waals surface area contributed by atoms with Gasteiger partial charge in [-0.1, -0.05) is 0 Å². The molecule has 0 aliphatic carbocycles. The minimum atomic E-state index is -0.241. The summed E-state index contributed by atoms with van der Waals surface area (Å²) in [6.45, 7) is 1.41. The maximum atomic E-state index is 9.72. The molecule has 0 saturated carbocycles. The van der Waals surface area contributed by atoms with Crippen LogP contribution >= 0.6 is 24.6 Å². The van der Waals surface area contributed by atoms with Gasteiger partial charge >= 0.3 is 0 Å². The van der Waals surface area contributed by atoms with E-state index in [4.69, 9.17) is 10.8 Å². The highest BCUT2D eigenvalue weighted by Gasteiger charge is 2.08. The Balaban J connectivity index is 0.00000256. The van der Waals surface area contributed by atoms with E-state index in [2.05, 4.69) is 27.7 Å². The topological polar surface area (TPSA) is 104 Å². The summed E-state index contributed by atoms with van der Waals surface area (Å²) in [4.78, 5) is 3.91. The summed E-state index contributed by atoms with van der Waals surface area (Å²) in [5, 5.41) is 22.5. The van der Waals surface area contributed by atoms with Crippen molar-refractivity contribution in [2.45, 2.75) is 13.5 Å². The van der Waals surface area contributed by atoms with E-state index in [0.29, 0.717) is 16.8 Å². The van der Waals surface area contributed by atoms with E-state index in [0.717, 1.165) is 0 Å². The first-order valence-corrected chi connectivity index (χ1v) is 4.84. The first-order chi connectivity index (χ1) is 7.56. The Morgan fingerprint density at radius 2 is 2.35 bits per heavy atom. The molecular formula is C9H13ClN4O2S. The number of rotatable bonds is 3. The Morgan fingerprint density at radius 3 is 2.88 bits per heavy atom. The predicted molar refractivity (Wildman–Crippen MR) is 71.3 cm³/mol. The molecule has 0 spiro atoms. The van der Waals surface area contributed by atoms with Gasteiger partial charge in [0, 0.05) is 17.3 Å². The minimum absolute atomic E-state index is 0. The highest BCUT2D eigenvalue weighted by atomic mass is 35.5. The summed E-state index contributed by atoms with van der Waals surface area (Å²) in [6, 6.07) is 0. The minimum Gasteiger partial charge on any atom is -0.505 e. The number of pyridine rings is 1.